The number of ether oxygens (including phenoxy) is 1. The molecule has 2 amide bonds. The quantitative estimate of drug-likeness (QED) is 0.798. The highest BCUT2D eigenvalue weighted by molar-refractivity contribution is 5.97. The normalized spacial score (nSPS) is 21.8. The van der Waals surface area contributed by atoms with Crippen LogP contribution in [0.1, 0.15) is 74.6 Å². The predicted octanol–water partition coefficient (Wildman–Crippen LogP) is 1.85. The Labute approximate surface area is 173 Å². The van der Waals surface area contributed by atoms with Gasteiger partial charge in [-0.3, -0.25) is 9.59 Å². The Hall–Kier alpha value is -1.93. The fraction of sp³-hybridized carbons (Fsp3) is 0.762. The van der Waals surface area contributed by atoms with Gasteiger partial charge in [0, 0.05) is 26.7 Å². The number of carbonyl (C=O) groups excluding carboxylic acids is 2. The molecular weight excluding hydrogens is 370 g/mol. The highest BCUT2D eigenvalue weighted by atomic mass is 16.5. The summed E-state index contributed by atoms with van der Waals surface area (Å²) >= 11 is 0. The van der Waals surface area contributed by atoms with Gasteiger partial charge in [0.05, 0.1) is 5.69 Å². The number of imidazole rings is 1. The lowest BCUT2D eigenvalue weighted by molar-refractivity contribution is -0.124. The minimum atomic E-state index is -0.643. The first kappa shape index (κ1) is 21.8. The molecule has 0 spiro atoms. The summed E-state index contributed by atoms with van der Waals surface area (Å²) < 4.78 is 8.17. The van der Waals surface area contributed by atoms with E-state index in [9.17, 15) is 9.59 Å². The van der Waals surface area contributed by atoms with E-state index in [4.69, 9.17) is 9.72 Å². The molecule has 2 atom stereocenters. The molecule has 0 saturated carbocycles. The largest absolute Gasteiger partial charge is 0.370 e. The first-order valence-corrected chi connectivity index (χ1v) is 10.6. The van der Waals surface area contributed by atoms with E-state index >= 15 is 0 Å². The van der Waals surface area contributed by atoms with Crippen LogP contribution in [0.15, 0.2) is 0 Å². The maximum atomic E-state index is 13.3. The van der Waals surface area contributed by atoms with Gasteiger partial charge < -0.3 is 24.8 Å². The minimum Gasteiger partial charge on any atom is -0.370 e. The standard InChI is InChI=1S/C21H35N5O3/c1-21(2,3)17(20(28)22-4)24-19(27)16-14-13-25(5)10-8-11-26(14)18(23-16)15-9-6-7-12-29-15/h15,17H,6-13H2,1-5H3,(H,22,28)(H,24,27)/t15-,17?/m0/s1. The highest BCUT2D eigenvalue weighted by Crippen LogP contribution is 2.31. The van der Waals surface area contributed by atoms with Gasteiger partial charge in [-0.2, -0.15) is 0 Å². The van der Waals surface area contributed by atoms with Crippen molar-refractivity contribution in [3.8, 4) is 0 Å². The van der Waals surface area contributed by atoms with Crippen LogP contribution in [0.4, 0.5) is 0 Å². The number of carbonyl (C=O) groups is 2. The van der Waals surface area contributed by atoms with Gasteiger partial charge in [-0.05, 0) is 44.7 Å². The number of aromatic nitrogens is 2. The lowest BCUT2D eigenvalue weighted by atomic mass is 9.86. The van der Waals surface area contributed by atoms with Crippen molar-refractivity contribution in [1.82, 2.24) is 25.1 Å². The molecule has 0 radical (unpaired) electrons. The van der Waals surface area contributed by atoms with Gasteiger partial charge in [0.2, 0.25) is 5.91 Å². The van der Waals surface area contributed by atoms with E-state index in [0.29, 0.717) is 12.2 Å². The Bertz CT molecular complexity index is 746. The van der Waals surface area contributed by atoms with Crippen molar-refractivity contribution in [2.75, 3.05) is 27.2 Å². The van der Waals surface area contributed by atoms with Crippen LogP contribution in [0.2, 0.25) is 0 Å². The van der Waals surface area contributed by atoms with E-state index < -0.39 is 11.5 Å². The second kappa shape index (κ2) is 8.83. The van der Waals surface area contributed by atoms with Crippen LogP contribution in [-0.2, 0) is 22.6 Å². The van der Waals surface area contributed by atoms with Crippen molar-refractivity contribution in [3.05, 3.63) is 17.2 Å². The maximum Gasteiger partial charge on any atom is 0.272 e. The summed E-state index contributed by atoms with van der Waals surface area (Å²) in [7, 11) is 3.65. The summed E-state index contributed by atoms with van der Waals surface area (Å²) in [6, 6.07) is -0.643. The van der Waals surface area contributed by atoms with Crippen molar-refractivity contribution in [2.45, 2.75) is 71.7 Å². The molecule has 0 bridgehead atoms. The molecule has 1 aromatic rings. The zero-order valence-electron chi connectivity index (χ0n) is 18.4. The number of fused-ring (bicyclic) bond motifs is 1. The van der Waals surface area contributed by atoms with E-state index in [1.807, 2.05) is 20.8 Å². The lowest BCUT2D eigenvalue weighted by Gasteiger charge is -2.29. The van der Waals surface area contributed by atoms with Crippen molar-refractivity contribution in [3.63, 3.8) is 0 Å². The molecule has 1 fully saturated rings. The summed E-state index contributed by atoms with van der Waals surface area (Å²) in [6.07, 6.45) is 4.04. The van der Waals surface area contributed by atoms with Gasteiger partial charge in [-0.1, -0.05) is 20.8 Å². The predicted molar refractivity (Wildman–Crippen MR) is 110 cm³/mol. The molecule has 0 aromatic carbocycles. The van der Waals surface area contributed by atoms with Crippen LogP contribution in [0.25, 0.3) is 0 Å². The summed E-state index contributed by atoms with van der Waals surface area (Å²) in [5.41, 5.74) is 0.913. The van der Waals surface area contributed by atoms with Gasteiger partial charge in [0.25, 0.3) is 5.91 Å². The van der Waals surface area contributed by atoms with E-state index in [0.717, 1.165) is 56.9 Å². The van der Waals surface area contributed by atoms with Crippen molar-refractivity contribution >= 4 is 11.8 Å². The van der Waals surface area contributed by atoms with Crippen LogP contribution >= 0.6 is 0 Å². The number of hydrogen-bond acceptors (Lipinski definition) is 5. The molecule has 29 heavy (non-hydrogen) atoms. The highest BCUT2D eigenvalue weighted by Gasteiger charge is 2.35. The average Bonchev–Trinajstić information content (AvgIpc) is 2.92. The molecule has 0 aliphatic carbocycles. The summed E-state index contributed by atoms with van der Waals surface area (Å²) in [5, 5.41) is 5.60. The van der Waals surface area contributed by atoms with E-state index in [1.165, 1.54) is 0 Å². The molecule has 2 aliphatic heterocycles. The van der Waals surface area contributed by atoms with Crippen molar-refractivity contribution in [1.29, 1.82) is 0 Å². The first-order chi connectivity index (χ1) is 13.7. The smallest absolute Gasteiger partial charge is 0.272 e. The number of nitrogens with one attached hydrogen (secondary N) is 2. The summed E-state index contributed by atoms with van der Waals surface area (Å²) in [5.74, 6) is 0.353. The van der Waals surface area contributed by atoms with Crippen LogP contribution in [0.3, 0.4) is 0 Å². The maximum absolute atomic E-state index is 13.3. The van der Waals surface area contributed by atoms with Crippen LogP contribution in [0, 0.1) is 5.41 Å². The molecule has 1 aromatic heterocycles. The molecule has 1 unspecified atom stereocenters. The Morgan fingerprint density at radius 1 is 1.21 bits per heavy atom. The zero-order chi connectivity index (χ0) is 21.2. The molecule has 3 heterocycles. The molecule has 1 saturated heterocycles. The number of hydrogen-bond donors (Lipinski definition) is 2. The van der Waals surface area contributed by atoms with Gasteiger partial charge in [-0.25, -0.2) is 4.98 Å². The molecule has 2 N–H and O–H groups in total. The van der Waals surface area contributed by atoms with Crippen LogP contribution in [-0.4, -0.2) is 59.6 Å². The number of likely N-dealkylation sites (N-methyl/N-ethyl adjacent to an activating group) is 1. The summed E-state index contributed by atoms with van der Waals surface area (Å²) in [6.45, 7) is 9.01. The van der Waals surface area contributed by atoms with E-state index in [2.05, 4.69) is 27.1 Å². The fourth-order valence-corrected chi connectivity index (χ4v) is 4.14. The molecule has 3 rings (SSSR count). The number of nitrogens with zero attached hydrogens (tertiary/aromatic N) is 3. The molecule has 162 valence electrons. The van der Waals surface area contributed by atoms with E-state index in [-0.39, 0.29) is 17.9 Å². The Balaban J connectivity index is 1.96. The topological polar surface area (TPSA) is 88.5 Å². The minimum absolute atomic E-state index is 0.0650. The molecule has 2 aliphatic rings. The molecular formula is C21H35N5O3. The average molecular weight is 406 g/mol. The van der Waals surface area contributed by atoms with Gasteiger partial charge in [-0.15, -0.1) is 0 Å². The van der Waals surface area contributed by atoms with Gasteiger partial charge in [0.15, 0.2) is 5.69 Å². The van der Waals surface area contributed by atoms with Crippen molar-refractivity contribution < 1.29 is 14.3 Å². The third kappa shape index (κ3) is 4.80. The monoisotopic (exact) mass is 405 g/mol. The lowest BCUT2D eigenvalue weighted by Crippen LogP contribution is -2.53. The van der Waals surface area contributed by atoms with Crippen LogP contribution < -0.4 is 10.6 Å². The third-order valence-corrected chi connectivity index (χ3v) is 5.78. The van der Waals surface area contributed by atoms with E-state index in [1.54, 1.807) is 7.05 Å². The third-order valence-electron chi connectivity index (χ3n) is 5.78. The Morgan fingerprint density at radius 3 is 2.59 bits per heavy atom. The molecule has 8 nitrogen and oxygen atoms in total. The second-order valence-electron chi connectivity index (χ2n) is 9.25. The van der Waals surface area contributed by atoms with Gasteiger partial charge in [0.1, 0.15) is 18.0 Å². The van der Waals surface area contributed by atoms with Crippen LogP contribution in [0.5, 0.6) is 0 Å². The molecule has 8 heteroatoms. The summed E-state index contributed by atoms with van der Waals surface area (Å²) in [4.78, 5) is 32.7. The number of amides is 2. The fourth-order valence-electron chi connectivity index (χ4n) is 4.14. The first-order valence-electron chi connectivity index (χ1n) is 10.6. The Morgan fingerprint density at radius 2 is 1.97 bits per heavy atom. The number of rotatable bonds is 4. The second-order valence-corrected chi connectivity index (χ2v) is 9.25. The Kier molecular flexibility index (Phi) is 6.63. The van der Waals surface area contributed by atoms with Crippen molar-refractivity contribution in [2.24, 2.45) is 5.41 Å². The SMILES string of the molecule is CNC(=O)C(NC(=O)c1nc([C@@H]2CCCCO2)n2c1CN(C)CCC2)C(C)(C)C. The van der Waals surface area contributed by atoms with Gasteiger partial charge >= 0.3 is 0 Å². The zero-order valence-corrected chi connectivity index (χ0v) is 18.4.